The second-order valence-corrected chi connectivity index (χ2v) is 6.89. The van der Waals surface area contributed by atoms with Gasteiger partial charge in [0.05, 0.1) is 0 Å². The maximum absolute atomic E-state index is 12.7. The average molecular weight is 337 g/mol. The molecule has 4 nitrogen and oxygen atoms in total. The number of nitrogens with zero attached hydrogens (tertiary/aromatic N) is 2. The fourth-order valence-electron chi connectivity index (χ4n) is 3.46. The topological polar surface area (TPSA) is 49.6 Å². The smallest absolute Gasteiger partial charge is 0.244 e. The second kappa shape index (κ2) is 7.70. The highest BCUT2D eigenvalue weighted by atomic mass is 16.2. The minimum atomic E-state index is -0.566. The molecule has 2 N–H and O–H groups in total. The Labute approximate surface area is 150 Å². The van der Waals surface area contributed by atoms with E-state index in [2.05, 4.69) is 36.2 Å². The third kappa shape index (κ3) is 4.02. The van der Waals surface area contributed by atoms with Crippen molar-refractivity contribution in [2.24, 2.45) is 5.73 Å². The van der Waals surface area contributed by atoms with Gasteiger partial charge in [0.2, 0.25) is 5.91 Å². The summed E-state index contributed by atoms with van der Waals surface area (Å²) in [4.78, 5) is 17.0. The van der Waals surface area contributed by atoms with Gasteiger partial charge in [0.15, 0.2) is 0 Å². The molecule has 2 aromatic rings. The SMILES string of the molecule is Cc1ccc(C(N)C(=O)N2CCC(N(C)c3ccccc3)CC2)cc1. The molecule has 25 heavy (non-hydrogen) atoms. The normalized spacial score (nSPS) is 16.5. The molecule has 0 aromatic heterocycles. The van der Waals surface area contributed by atoms with Gasteiger partial charge in [-0.25, -0.2) is 0 Å². The van der Waals surface area contributed by atoms with E-state index in [-0.39, 0.29) is 5.91 Å². The van der Waals surface area contributed by atoms with Gasteiger partial charge >= 0.3 is 0 Å². The Morgan fingerprint density at radius 3 is 2.28 bits per heavy atom. The molecule has 0 radical (unpaired) electrons. The maximum atomic E-state index is 12.7. The lowest BCUT2D eigenvalue weighted by Crippen LogP contribution is -2.48. The van der Waals surface area contributed by atoms with E-state index in [4.69, 9.17) is 5.73 Å². The first-order chi connectivity index (χ1) is 12.1. The lowest BCUT2D eigenvalue weighted by molar-refractivity contribution is -0.133. The molecule has 1 aliphatic rings. The molecule has 0 aliphatic carbocycles. The van der Waals surface area contributed by atoms with Gasteiger partial charge < -0.3 is 15.5 Å². The Balaban J connectivity index is 1.58. The van der Waals surface area contributed by atoms with E-state index in [9.17, 15) is 4.79 Å². The monoisotopic (exact) mass is 337 g/mol. The Morgan fingerprint density at radius 2 is 1.68 bits per heavy atom. The summed E-state index contributed by atoms with van der Waals surface area (Å²) in [6.07, 6.45) is 1.94. The maximum Gasteiger partial charge on any atom is 0.244 e. The zero-order valence-electron chi connectivity index (χ0n) is 15.1. The first-order valence-corrected chi connectivity index (χ1v) is 8.95. The molecule has 1 saturated heterocycles. The summed E-state index contributed by atoms with van der Waals surface area (Å²) in [7, 11) is 2.13. The van der Waals surface area contributed by atoms with Crippen LogP contribution in [0.1, 0.15) is 30.0 Å². The standard InChI is InChI=1S/C21H27N3O/c1-16-8-10-17(11-9-16)20(22)21(25)24-14-12-19(13-15-24)23(2)18-6-4-3-5-7-18/h3-11,19-20H,12-15,22H2,1-2H3. The van der Waals surface area contributed by atoms with Gasteiger partial charge in [0.1, 0.15) is 6.04 Å². The summed E-state index contributed by atoms with van der Waals surface area (Å²) in [6.45, 7) is 3.56. The number of likely N-dealkylation sites (tertiary alicyclic amines) is 1. The minimum absolute atomic E-state index is 0.0321. The molecule has 1 unspecified atom stereocenters. The van der Waals surface area contributed by atoms with Crippen molar-refractivity contribution < 1.29 is 4.79 Å². The highest BCUT2D eigenvalue weighted by Crippen LogP contribution is 2.23. The number of hydrogen-bond acceptors (Lipinski definition) is 3. The van der Waals surface area contributed by atoms with Gasteiger partial charge in [-0.15, -0.1) is 0 Å². The van der Waals surface area contributed by atoms with Crippen LogP contribution in [0.3, 0.4) is 0 Å². The minimum Gasteiger partial charge on any atom is -0.371 e. The third-order valence-electron chi connectivity index (χ3n) is 5.19. The summed E-state index contributed by atoms with van der Waals surface area (Å²) < 4.78 is 0. The number of nitrogens with two attached hydrogens (primary N) is 1. The van der Waals surface area contributed by atoms with E-state index in [0.29, 0.717) is 6.04 Å². The van der Waals surface area contributed by atoms with Crippen LogP contribution in [0.4, 0.5) is 5.69 Å². The van der Waals surface area contributed by atoms with Crippen molar-refractivity contribution >= 4 is 11.6 Å². The van der Waals surface area contributed by atoms with Crippen molar-refractivity contribution in [1.29, 1.82) is 0 Å². The molecule has 1 amide bonds. The van der Waals surface area contributed by atoms with E-state index < -0.39 is 6.04 Å². The largest absolute Gasteiger partial charge is 0.371 e. The molecular weight excluding hydrogens is 310 g/mol. The number of carbonyl (C=O) groups excluding carboxylic acids is 1. The second-order valence-electron chi connectivity index (χ2n) is 6.89. The van der Waals surface area contributed by atoms with Crippen molar-refractivity contribution in [3.8, 4) is 0 Å². The third-order valence-corrected chi connectivity index (χ3v) is 5.19. The summed E-state index contributed by atoms with van der Waals surface area (Å²) in [5.74, 6) is 0.0321. The van der Waals surface area contributed by atoms with Crippen molar-refractivity contribution in [2.45, 2.75) is 31.8 Å². The quantitative estimate of drug-likeness (QED) is 0.932. The number of aryl methyl sites for hydroxylation is 1. The zero-order valence-corrected chi connectivity index (χ0v) is 15.1. The molecule has 0 bridgehead atoms. The van der Waals surface area contributed by atoms with Crippen LogP contribution in [0.15, 0.2) is 54.6 Å². The number of carbonyl (C=O) groups is 1. The van der Waals surface area contributed by atoms with Crippen LogP contribution in [0, 0.1) is 6.92 Å². The predicted octanol–water partition coefficient (Wildman–Crippen LogP) is 3.12. The first kappa shape index (κ1) is 17.5. The van der Waals surface area contributed by atoms with E-state index in [1.165, 1.54) is 11.3 Å². The molecule has 1 aliphatic heterocycles. The average Bonchev–Trinajstić information content (AvgIpc) is 2.67. The molecule has 132 valence electrons. The Bertz CT molecular complexity index is 691. The number of hydrogen-bond donors (Lipinski definition) is 1. The van der Waals surface area contributed by atoms with Crippen molar-refractivity contribution in [1.82, 2.24) is 4.90 Å². The van der Waals surface area contributed by atoms with Crippen LogP contribution >= 0.6 is 0 Å². The number of anilines is 1. The lowest BCUT2D eigenvalue weighted by Gasteiger charge is -2.38. The predicted molar refractivity (Wildman–Crippen MR) is 103 cm³/mol. The molecule has 0 saturated carbocycles. The molecule has 1 heterocycles. The molecule has 4 heteroatoms. The lowest BCUT2D eigenvalue weighted by atomic mass is 10.00. The molecule has 2 aromatic carbocycles. The van der Waals surface area contributed by atoms with Crippen LogP contribution < -0.4 is 10.6 Å². The number of benzene rings is 2. The summed E-state index contributed by atoms with van der Waals surface area (Å²) in [5, 5.41) is 0. The van der Waals surface area contributed by atoms with Crippen LogP contribution in [0.2, 0.25) is 0 Å². The highest BCUT2D eigenvalue weighted by Gasteiger charge is 2.28. The summed E-state index contributed by atoms with van der Waals surface area (Å²) >= 11 is 0. The molecule has 1 atom stereocenters. The van der Waals surface area contributed by atoms with Crippen LogP contribution in [0.5, 0.6) is 0 Å². The van der Waals surface area contributed by atoms with Crippen molar-refractivity contribution in [3.05, 3.63) is 65.7 Å². The Kier molecular flexibility index (Phi) is 5.39. The van der Waals surface area contributed by atoms with Gasteiger partial charge in [-0.1, -0.05) is 48.0 Å². The number of para-hydroxylation sites is 1. The van der Waals surface area contributed by atoms with Gasteiger partial charge in [-0.05, 0) is 37.5 Å². The number of rotatable bonds is 4. The Hall–Kier alpha value is -2.33. The van der Waals surface area contributed by atoms with E-state index in [0.717, 1.165) is 31.5 Å². The molecule has 1 fully saturated rings. The van der Waals surface area contributed by atoms with Gasteiger partial charge in [0, 0.05) is 31.9 Å². The van der Waals surface area contributed by atoms with Crippen molar-refractivity contribution in [2.75, 3.05) is 25.0 Å². The first-order valence-electron chi connectivity index (χ1n) is 8.95. The van der Waals surface area contributed by atoms with Crippen molar-refractivity contribution in [3.63, 3.8) is 0 Å². The highest BCUT2D eigenvalue weighted by molar-refractivity contribution is 5.83. The van der Waals surface area contributed by atoms with E-state index >= 15 is 0 Å². The summed E-state index contributed by atoms with van der Waals surface area (Å²) in [5.41, 5.74) is 9.49. The van der Waals surface area contributed by atoms with Crippen LogP contribution in [0.25, 0.3) is 0 Å². The van der Waals surface area contributed by atoms with E-state index in [1.54, 1.807) is 0 Å². The van der Waals surface area contributed by atoms with E-state index in [1.807, 2.05) is 42.2 Å². The van der Waals surface area contributed by atoms with Gasteiger partial charge in [-0.2, -0.15) is 0 Å². The van der Waals surface area contributed by atoms with Gasteiger partial charge in [0.25, 0.3) is 0 Å². The number of piperidine rings is 1. The Morgan fingerprint density at radius 1 is 1.08 bits per heavy atom. The van der Waals surface area contributed by atoms with Crippen LogP contribution in [-0.4, -0.2) is 37.0 Å². The summed E-state index contributed by atoms with van der Waals surface area (Å²) in [6, 6.07) is 18.2. The molecule has 0 spiro atoms. The zero-order chi connectivity index (χ0) is 17.8. The fraction of sp³-hybridized carbons (Fsp3) is 0.381. The van der Waals surface area contributed by atoms with Gasteiger partial charge in [-0.3, -0.25) is 4.79 Å². The molecular formula is C21H27N3O. The van der Waals surface area contributed by atoms with Crippen LogP contribution in [-0.2, 0) is 4.79 Å². The number of amides is 1. The molecule has 3 rings (SSSR count). The fourth-order valence-corrected chi connectivity index (χ4v) is 3.46.